The molecule has 0 unspecified atom stereocenters. The minimum absolute atomic E-state index is 0.0771. The van der Waals surface area contributed by atoms with Crippen LogP contribution < -0.4 is 5.32 Å². The topological polar surface area (TPSA) is 67.2 Å². The van der Waals surface area contributed by atoms with E-state index in [1.807, 2.05) is 30.5 Å². The van der Waals surface area contributed by atoms with Crippen LogP contribution in [0.4, 0.5) is 0 Å². The highest BCUT2D eigenvalue weighted by molar-refractivity contribution is 7.99. The molecule has 1 aromatic carbocycles. The standard InChI is InChI=1S/C15H19N3O2S/c19-9-3-10-21-11-7-16-15(20)13-4-1-5-14(12-13)18-8-2-6-17-18/h1-2,4-6,8,12,19H,3,7,9-11H2,(H,16,20). The number of nitrogens with zero attached hydrogens (tertiary/aromatic N) is 2. The molecule has 0 spiro atoms. The maximum absolute atomic E-state index is 12.1. The van der Waals surface area contributed by atoms with Crippen molar-refractivity contribution in [1.82, 2.24) is 15.1 Å². The number of amides is 1. The van der Waals surface area contributed by atoms with Gasteiger partial charge in [0.05, 0.1) is 5.69 Å². The van der Waals surface area contributed by atoms with Crippen LogP contribution in [0.2, 0.25) is 0 Å². The maximum Gasteiger partial charge on any atom is 0.251 e. The zero-order chi connectivity index (χ0) is 14.9. The van der Waals surface area contributed by atoms with Crippen molar-refractivity contribution in [2.24, 2.45) is 0 Å². The second kappa shape index (κ2) is 8.49. The molecule has 2 aromatic rings. The van der Waals surface area contributed by atoms with E-state index >= 15 is 0 Å². The number of aliphatic hydroxyl groups is 1. The Kier molecular flexibility index (Phi) is 6.30. The lowest BCUT2D eigenvalue weighted by atomic mass is 10.2. The summed E-state index contributed by atoms with van der Waals surface area (Å²) in [6.45, 7) is 0.848. The molecule has 0 saturated heterocycles. The molecule has 1 heterocycles. The second-order valence-electron chi connectivity index (χ2n) is 4.45. The summed E-state index contributed by atoms with van der Waals surface area (Å²) in [7, 11) is 0. The van der Waals surface area contributed by atoms with Gasteiger partial charge in [0, 0.05) is 36.9 Å². The molecule has 5 nitrogen and oxygen atoms in total. The lowest BCUT2D eigenvalue weighted by Crippen LogP contribution is -2.25. The SMILES string of the molecule is O=C(NCCSCCCO)c1cccc(-n2cccn2)c1. The first-order valence-electron chi connectivity index (χ1n) is 6.88. The molecule has 1 aromatic heterocycles. The van der Waals surface area contributed by atoms with E-state index in [0.717, 1.165) is 23.6 Å². The Morgan fingerprint density at radius 3 is 3.00 bits per heavy atom. The molecule has 2 N–H and O–H groups in total. The van der Waals surface area contributed by atoms with Crippen LogP contribution in [0.15, 0.2) is 42.7 Å². The van der Waals surface area contributed by atoms with Gasteiger partial charge in [0.15, 0.2) is 0 Å². The molecule has 0 atom stereocenters. The van der Waals surface area contributed by atoms with E-state index in [9.17, 15) is 4.79 Å². The molecule has 0 fully saturated rings. The first-order chi connectivity index (χ1) is 10.3. The summed E-state index contributed by atoms with van der Waals surface area (Å²) >= 11 is 1.73. The number of thioether (sulfide) groups is 1. The van der Waals surface area contributed by atoms with Crippen LogP contribution in [0.5, 0.6) is 0 Å². The number of carbonyl (C=O) groups excluding carboxylic acids is 1. The van der Waals surface area contributed by atoms with Crippen molar-refractivity contribution in [3.8, 4) is 5.69 Å². The lowest BCUT2D eigenvalue weighted by molar-refractivity contribution is 0.0956. The Morgan fingerprint density at radius 1 is 1.33 bits per heavy atom. The van der Waals surface area contributed by atoms with Crippen molar-refractivity contribution in [2.75, 3.05) is 24.7 Å². The van der Waals surface area contributed by atoms with Crippen LogP contribution in [0.1, 0.15) is 16.8 Å². The summed E-state index contributed by atoms with van der Waals surface area (Å²) in [6, 6.07) is 9.22. The third kappa shape index (κ3) is 4.91. The Labute approximate surface area is 128 Å². The van der Waals surface area contributed by atoms with Crippen molar-refractivity contribution in [2.45, 2.75) is 6.42 Å². The first kappa shape index (κ1) is 15.6. The molecule has 0 bridgehead atoms. The summed E-state index contributed by atoms with van der Waals surface area (Å²) in [6.07, 6.45) is 4.34. The normalized spacial score (nSPS) is 10.5. The van der Waals surface area contributed by atoms with Crippen molar-refractivity contribution in [1.29, 1.82) is 0 Å². The van der Waals surface area contributed by atoms with E-state index in [1.165, 1.54) is 0 Å². The van der Waals surface area contributed by atoms with Crippen LogP contribution in [-0.4, -0.2) is 45.5 Å². The van der Waals surface area contributed by atoms with Crippen LogP contribution in [-0.2, 0) is 0 Å². The predicted octanol–water partition coefficient (Wildman–Crippen LogP) is 1.72. The lowest BCUT2D eigenvalue weighted by Gasteiger charge is -2.07. The van der Waals surface area contributed by atoms with Crippen LogP contribution in [0.3, 0.4) is 0 Å². The number of hydrogen-bond acceptors (Lipinski definition) is 4. The van der Waals surface area contributed by atoms with E-state index < -0.39 is 0 Å². The monoisotopic (exact) mass is 305 g/mol. The molecule has 0 radical (unpaired) electrons. The van der Waals surface area contributed by atoms with Crippen LogP contribution in [0, 0.1) is 0 Å². The van der Waals surface area contributed by atoms with Gasteiger partial charge in [-0.2, -0.15) is 16.9 Å². The van der Waals surface area contributed by atoms with E-state index in [2.05, 4.69) is 10.4 Å². The van der Waals surface area contributed by atoms with E-state index in [1.54, 1.807) is 28.7 Å². The number of aromatic nitrogens is 2. The van der Waals surface area contributed by atoms with Crippen LogP contribution >= 0.6 is 11.8 Å². The predicted molar refractivity (Wildman–Crippen MR) is 84.9 cm³/mol. The maximum atomic E-state index is 12.1. The van der Waals surface area contributed by atoms with Gasteiger partial charge in [-0.15, -0.1) is 0 Å². The Balaban J connectivity index is 1.84. The number of hydrogen-bond donors (Lipinski definition) is 2. The molecule has 2 rings (SSSR count). The van der Waals surface area contributed by atoms with E-state index in [-0.39, 0.29) is 12.5 Å². The average molecular weight is 305 g/mol. The summed E-state index contributed by atoms with van der Waals surface area (Å²) in [5, 5.41) is 15.7. The third-order valence-electron chi connectivity index (χ3n) is 2.86. The average Bonchev–Trinajstić information content (AvgIpc) is 3.05. The molecule has 21 heavy (non-hydrogen) atoms. The van der Waals surface area contributed by atoms with E-state index in [0.29, 0.717) is 12.1 Å². The Morgan fingerprint density at radius 2 is 2.24 bits per heavy atom. The van der Waals surface area contributed by atoms with Gasteiger partial charge in [-0.1, -0.05) is 6.07 Å². The van der Waals surface area contributed by atoms with Crippen molar-refractivity contribution < 1.29 is 9.90 Å². The highest BCUT2D eigenvalue weighted by Crippen LogP contribution is 2.09. The van der Waals surface area contributed by atoms with Gasteiger partial charge in [0.25, 0.3) is 5.91 Å². The third-order valence-corrected chi connectivity index (χ3v) is 3.93. The number of carbonyl (C=O) groups is 1. The zero-order valence-electron chi connectivity index (χ0n) is 11.7. The molecule has 0 aliphatic rings. The molecule has 1 amide bonds. The Bertz CT molecular complexity index is 558. The summed E-state index contributed by atoms with van der Waals surface area (Å²) < 4.78 is 1.72. The number of rotatable bonds is 8. The first-order valence-corrected chi connectivity index (χ1v) is 8.03. The minimum Gasteiger partial charge on any atom is -0.396 e. The second-order valence-corrected chi connectivity index (χ2v) is 5.67. The van der Waals surface area contributed by atoms with Gasteiger partial charge >= 0.3 is 0 Å². The number of nitrogens with one attached hydrogen (secondary N) is 1. The highest BCUT2D eigenvalue weighted by Gasteiger charge is 2.06. The Hall–Kier alpha value is -1.79. The van der Waals surface area contributed by atoms with Gasteiger partial charge in [0.1, 0.15) is 0 Å². The van der Waals surface area contributed by atoms with Gasteiger partial charge in [0.2, 0.25) is 0 Å². The number of aliphatic hydroxyl groups excluding tert-OH is 1. The molecule has 112 valence electrons. The summed E-state index contributed by atoms with van der Waals surface area (Å²) in [4.78, 5) is 12.1. The quantitative estimate of drug-likeness (QED) is 0.729. The van der Waals surface area contributed by atoms with E-state index in [4.69, 9.17) is 5.11 Å². The van der Waals surface area contributed by atoms with Gasteiger partial charge < -0.3 is 10.4 Å². The largest absolute Gasteiger partial charge is 0.396 e. The molecule has 6 heteroatoms. The van der Waals surface area contributed by atoms with Crippen molar-refractivity contribution >= 4 is 17.7 Å². The van der Waals surface area contributed by atoms with Crippen LogP contribution in [0.25, 0.3) is 5.69 Å². The summed E-state index contributed by atoms with van der Waals surface area (Å²) in [5.41, 5.74) is 1.49. The van der Waals surface area contributed by atoms with Gasteiger partial charge in [-0.3, -0.25) is 4.79 Å². The molecule has 0 aliphatic carbocycles. The molecular formula is C15H19N3O2S. The number of benzene rings is 1. The summed E-state index contributed by atoms with van der Waals surface area (Å²) in [5.74, 6) is 1.69. The molecule has 0 aliphatic heterocycles. The smallest absolute Gasteiger partial charge is 0.251 e. The van der Waals surface area contributed by atoms with Crippen molar-refractivity contribution in [3.05, 3.63) is 48.3 Å². The zero-order valence-corrected chi connectivity index (χ0v) is 12.6. The van der Waals surface area contributed by atoms with Gasteiger partial charge in [-0.25, -0.2) is 4.68 Å². The fraction of sp³-hybridized carbons (Fsp3) is 0.333. The highest BCUT2D eigenvalue weighted by atomic mass is 32.2. The fourth-order valence-corrected chi connectivity index (χ4v) is 2.60. The molecular weight excluding hydrogens is 286 g/mol. The van der Waals surface area contributed by atoms with Gasteiger partial charge in [-0.05, 0) is 36.4 Å². The minimum atomic E-state index is -0.0771. The fourth-order valence-electron chi connectivity index (χ4n) is 1.82. The van der Waals surface area contributed by atoms with Crippen molar-refractivity contribution in [3.63, 3.8) is 0 Å². The molecule has 0 saturated carbocycles.